The van der Waals surface area contributed by atoms with E-state index in [1.165, 1.54) is 16.4 Å². The van der Waals surface area contributed by atoms with Gasteiger partial charge in [-0.1, -0.05) is 24.3 Å². The van der Waals surface area contributed by atoms with Crippen LogP contribution in [0.15, 0.2) is 53.4 Å². The fraction of sp³-hybridized carbons (Fsp3) is 0.316. The van der Waals surface area contributed by atoms with E-state index in [-0.39, 0.29) is 11.4 Å². The SMILES string of the molecule is CN(Cc1ccccc1N1CCOCC1)S(=O)(=O)c1cccc(C#N)c1. The Morgan fingerprint density at radius 1 is 1.15 bits per heavy atom. The second-order valence-electron chi connectivity index (χ2n) is 6.13. The summed E-state index contributed by atoms with van der Waals surface area (Å²) in [4.78, 5) is 2.35. The minimum absolute atomic E-state index is 0.128. The van der Waals surface area contributed by atoms with Crippen LogP contribution < -0.4 is 4.90 Å². The Kier molecular flexibility index (Phi) is 5.57. The van der Waals surface area contributed by atoms with Gasteiger partial charge in [0.1, 0.15) is 0 Å². The third-order valence-electron chi connectivity index (χ3n) is 4.41. The molecule has 1 heterocycles. The molecule has 0 aliphatic carbocycles. The maximum atomic E-state index is 12.9. The van der Waals surface area contributed by atoms with Crippen molar-refractivity contribution in [1.82, 2.24) is 4.31 Å². The summed E-state index contributed by atoms with van der Waals surface area (Å²) in [5.74, 6) is 0. The average molecular weight is 371 g/mol. The summed E-state index contributed by atoms with van der Waals surface area (Å²) in [6, 6.07) is 15.9. The van der Waals surface area contributed by atoms with Crippen LogP contribution in [0.5, 0.6) is 0 Å². The molecule has 136 valence electrons. The minimum Gasteiger partial charge on any atom is -0.378 e. The first-order valence-electron chi connectivity index (χ1n) is 8.39. The van der Waals surface area contributed by atoms with Gasteiger partial charge in [-0.05, 0) is 29.8 Å². The number of hydrogen-bond donors (Lipinski definition) is 0. The lowest BCUT2D eigenvalue weighted by molar-refractivity contribution is 0.122. The first-order chi connectivity index (χ1) is 12.5. The van der Waals surface area contributed by atoms with Gasteiger partial charge in [-0.3, -0.25) is 0 Å². The Morgan fingerprint density at radius 3 is 2.62 bits per heavy atom. The summed E-state index contributed by atoms with van der Waals surface area (Å²) >= 11 is 0. The van der Waals surface area contributed by atoms with Gasteiger partial charge in [0.15, 0.2) is 0 Å². The van der Waals surface area contributed by atoms with Crippen molar-refractivity contribution in [1.29, 1.82) is 5.26 Å². The van der Waals surface area contributed by atoms with Crippen molar-refractivity contribution in [3.8, 4) is 6.07 Å². The molecule has 2 aromatic carbocycles. The molecule has 0 radical (unpaired) electrons. The van der Waals surface area contributed by atoms with Gasteiger partial charge in [0.05, 0.1) is 29.7 Å². The third-order valence-corrected chi connectivity index (χ3v) is 6.21. The quantitative estimate of drug-likeness (QED) is 0.806. The Balaban J connectivity index is 1.85. The van der Waals surface area contributed by atoms with Crippen LogP contribution >= 0.6 is 0 Å². The zero-order valence-electron chi connectivity index (χ0n) is 14.6. The van der Waals surface area contributed by atoms with E-state index in [4.69, 9.17) is 10.00 Å². The highest BCUT2D eigenvalue weighted by atomic mass is 32.2. The first kappa shape index (κ1) is 18.4. The van der Waals surface area contributed by atoms with E-state index in [2.05, 4.69) is 4.90 Å². The van der Waals surface area contributed by atoms with Crippen molar-refractivity contribution in [3.63, 3.8) is 0 Å². The fourth-order valence-electron chi connectivity index (χ4n) is 2.99. The Morgan fingerprint density at radius 2 is 1.88 bits per heavy atom. The van der Waals surface area contributed by atoms with E-state index in [1.807, 2.05) is 30.3 Å². The van der Waals surface area contributed by atoms with Gasteiger partial charge in [0.2, 0.25) is 10.0 Å². The van der Waals surface area contributed by atoms with Gasteiger partial charge in [0.25, 0.3) is 0 Å². The molecule has 0 atom stereocenters. The zero-order chi connectivity index (χ0) is 18.6. The van der Waals surface area contributed by atoms with Gasteiger partial charge < -0.3 is 9.64 Å². The van der Waals surface area contributed by atoms with Crippen LogP contribution in [0.1, 0.15) is 11.1 Å². The van der Waals surface area contributed by atoms with Crippen LogP contribution in [-0.2, 0) is 21.3 Å². The van der Waals surface area contributed by atoms with Gasteiger partial charge in [-0.15, -0.1) is 0 Å². The van der Waals surface area contributed by atoms with Crippen molar-refractivity contribution < 1.29 is 13.2 Å². The molecule has 0 spiro atoms. The van der Waals surface area contributed by atoms with Crippen molar-refractivity contribution in [2.75, 3.05) is 38.3 Å². The predicted molar refractivity (Wildman–Crippen MR) is 99.3 cm³/mol. The highest BCUT2D eigenvalue weighted by molar-refractivity contribution is 7.89. The average Bonchev–Trinajstić information content (AvgIpc) is 2.69. The fourth-order valence-corrected chi connectivity index (χ4v) is 4.18. The number of nitrogens with zero attached hydrogens (tertiary/aromatic N) is 3. The van der Waals surface area contributed by atoms with Crippen LogP contribution in [0.4, 0.5) is 5.69 Å². The summed E-state index contributed by atoms with van der Waals surface area (Å²) in [6.07, 6.45) is 0. The van der Waals surface area contributed by atoms with Crippen LogP contribution in [0.2, 0.25) is 0 Å². The van der Waals surface area contributed by atoms with Crippen LogP contribution in [0.3, 0.4) is 0 Å². The molecule has 0 N–H and O–H groups in total. The maximum absolute atomic E-state index is 12.9. The molecule has 0 saturated carbocycles. The molecule has 1 fully saturated rings. The number of hydrogen-bond acceptors (Lipinski definition) is 5. The second-order valence-corrected chi connectivity index (χ2v) is 8.17. The second kappa shape index (κ2) is 7.87. The van der Waals surface area contributed by atoms with Gasteiger partial charge in [-0.25, -0.2) is 8.42 Å². The van der Waals surface area contributed by atoms with E-state index in [0.29, 0.717) is 18.8 Å². The summed E-state index contributed by atoms with van der Waals surface area (Å²) in [5, 5.41) is 9.01. The van der Waals surface area contributed by atoms with E-state index in [9.17, 15) is 8.42 Å². The molecule has 1 aliphatic rings. The van der Waals surface area contributed by atoms with Crippen molar-refractivity contribution in [2.45, 2.75) is 11.4 Å². The molecule has 2 aromatic rings. The molecule has 26 heavy (non-hydrogen) atoms. The number of para-hydroxylation sites is 1. The standard InChI is InChI=1S/C19H21N3O3S/c1-21(26(23,24)18-7-4-5-16(13-18)14-20)15-17-6-2-3-8-19(17)22-9-11-25-12-10-22/h2-8,13H,9-12,15H2,1H3. The molecule has 0 amide bonds. The van der Waals surface area contributed by atoms with Crippen LogP contribution in [0, 0.1) is 11.3 Å². The summed E-state index contributed by atoms with van der Waals surface area (Å²) < 4.78 is 32.5. The highest BCUT2D eigenvalue weighted by Gasteiger charge is 2.23. The molecule has 0 aromatic heterocycles. The van der Waals surface area contributed by atoms with E-state index < -0.39 is 10.0 Å². The molecule has 0 bridgehead atoms. The van der Waals surface area contributed by atoms with Crippen molar-refractivity contribution in [3.05, 3.63) is 59.7 Å². The normalized spacial score (nSPS) is 15.0. The lowest BCUT2D eigenvalue weighted by Gasteiger charge is -2.31. The van der Waals surface area contributed by atoms with Crippen LogP contribution in [-0.4, -0.2) is 46.1 Å². The lowest BCUT2D eigenvalue weighted by atomic mass is 10.1. The monoisotopic (exact) mass is 371 g/mol. The smallest absolute Gasteiger partial charge is 0.243 e. The molecule has 7 heteroatoms. The molecular formula is C19H21N3O3S. The minimum atomic E-state index is -3.68. The largest absolute Gasteiger partial charge is 0.378 e. The summed E-state index contributed by atoms with van der Waals surface area (Å²) in [5.41, 5.74) is 2.30. The predicted octanol–water partition coefficient (Wildman–Crippen LogP) is 2.22. The first-order valence-corrected chi connectivity index (χ1v) is 9.83. The van der Waals surface area contributed by atoms with Crippen molar-refractivity contribution >= 4 is 15.7 Å². The summed E-state index contributed by atoms with van der Waals surface area (Å²) in [6.45, 7) is 3.18. The van der Waals surface area contributed by atoms with Crippen molar-refractivity contribution in [2.24, 2.45) is 0 Å². The number of sulfonamides is 1. The molecule has 3 rings (SSSR count). The van der Waals surface area contributed by atoms with Crippen LogP contribution in [0.25, 0.3) is 0 Å². The van der Waals surface area contributed by atoms with E-state index in [0.717, 1.165) is 24.3 Å². The number of morpholine rings is 1. The Labute approximate surface area is 154 Å². The highest BCUT2D eigenvalue weighted by Crippen LogP contribution is 2.25. The van der Waals surface area contributed by atoms with Gasteiger partial charge in [0, 0.05) is 32.4 Å². The van der Waals surface area contributed by atoms with Gasteiger partial charge >= 0.3 is 0 Å². The maximum Gasteiger partial charge on any atom is 0.243 e. The number of rotatable bonds is 5. The number of benzene rings is 2. The van der Waals surface area contributed by atoms with E-state index in [1.54, 1.807) is 19.2 Å². The Hall–Kier alpha value is -2.40. The molecule has 1 saturated heterocycles. The zero-order valence-corrected chi connectivity index (χ0v) is 15.4. The van der Waals surface area contributed by atoms with E-state index >= 15 is 0 Å². The molecule has 0 unspecified atom stereocenters. The number of anilines is 1. The lowest BCUT2D eigenvalue weighted by Crippen LogP contribution is -2.37. The number of ether oxygens (including phenoxy) is 1. The molecular weight excluding hydrogens is 350 g/mol. The topological polar surface area (TPSA) is 73.6 Å². The molecule has 1 aliphatic heterocycles. The Bertz CT molecular complexity index is 916. The third kappa shape index (κ3) is 3.88. The molecule has 6 nitrogen and oxygen atoms in total. The van der Waals surface area contributed by atoms with Gasteiger partial charge in [-0.2, -0.15) is 9.57 Å². The summed E-state index contributed by atoms with van der Waals surface area (Å²) in [7, 11) is -2.12. The number of nitriles is 1.